The van der Waals surface area contributed by atoms with Gasteiger partial charge in [-0.2, -0.15) is 0 Å². The number of nitrogens with zero attached hydrogens (tertiary/aromatic N) is 1. The molecule has 0 radical (unpaired) electrons. The Morgan fingerprint density at radius 1 is 1.33 bits per heavy atom. The largest absolute Gasteiger partial charge is 0.480 e. The van der Waals surface area contributed by atoms with Gasteiger partial charge in [0.1, 0.15) is 6.61 Å². The summed E-state index contributed by atoms with van der Waals surface area (Å²) in [6.45, 7) is 4.11. The summed E-state index contributed by atoms with van der Waals surface area (Å²) in [6, 6.07) is 11.1. The molecule has 1 aliphatic rings. The van der Waals surface area contributed by atoms with Gasteiger partial charge >= 0.3 is 5.97 Å². The number of likely N-dealkylation sites (tertiary alicyclic amines) is 1. The summed E-state index contributed by atoms with van der Waals surface area (Å²) in [5, 5.41) is 8.63. The van der Waals surface area contributed by atoms with Crippen molar-refractivity contribution < 1.29 is 14.6 Å². The van der Waals surface area contributed by atoms with Gasteiger partial charge in [-0.1, -0.05) is 30.3 Å². The lowest BCUT2D eigenvalue weighted by atomic mass is 10.0. The molecule has 1 aromatic carbocycles. The molecule has 0 saturated carbocycles. The fourth-order valence-electron chi connectivity index (χ4n) is 2.88. The quantitative estimate of drug-likeness (QED) is 0.839. The SMILES string of the molecule is CC(CCc1ccccc1)N1CCC(OCC(=O)O)CC1. The van der Waals surface area contributed by atoms with Crippen LogP contribution in [0, 0.1) is 0 Å². The summed E-state index contributed by atoms with van der Waals surface area (Å²) in [7, 11) is 0. The van der Waals surface area contributed by atoms with E-state index in [0.717, 1.165) is 38.8 Å². The summed E-state index contributed by atoms with van der Waals surface area (Å²) < 4.78 is 5.38. The average Bonchev–Trinajstić information content (AvgIpc) is 2.52. The highest BCUT2D eigenvalue weighted by Crippen LogP contribution is 2.18. The first-order valence-electron chi connectivity index (χ1n) is 7.76. The van der Waals surface area contributed by atoms with Crippen LogP contribution in [0.5, 0.6) is 0 Å². The van der Waals surface area contributed by atoms with E-state index in [-0.39, 0.29) is 12.7 Å². The van der Waals surface area contributed by atoms with Crippen molar-refractivity contribution in [3.05, 3.63) is 35.9 Å². The minimum Gasteiger partial charge on any atom is -0.480 e. The van der Waals surface area contributed by atoms with Crippen molar-refractivity contribution in [2.24, 2.45) is 0 Å². The predicted octanol–water partition coefficient (Wildman–Crippen LogP) is 2.57. The van der Waals surface area contributed by atoms with E-state index in [0.29, 0.717) is 6.04 Å². The number of ether oxygens (including phenoxy) is 1. The monoisotopic (exact) mass is 291 g/mol. The lowest BCUT2D eigenvalue weighted by Crippen LogP contribution is -2.42. The van der Waals surface area contributed by atoms with E-state index in [1.54, 1.807) is 0 Å². The molecule has 21 heavy (non-hydrogen) atoms. The normalized spacial score (nSPS) is 18.5. The Morgan fingerprint density at radius 2 is 2.00 bits per heavy atom. The zero-order valence-corrected chi connectivity index (χ0v) is 12.7. The fraction of sp³-hybridized carbons (Fsp3) is 0.588. The molecule has 1 atom stereocenters. The number of carboxylic acids is 1. The third-order valence-corrected chi connectivity index (χ3v) is 4.24. The van der Waals surface area contributed by atoms with Crippen LogP contribution < -0.4 is 0 Å². The van der Waals surface area contributed by atoms with Gasteiger partial charge in [0.2, 0.25) is 0 Å². The summed E-state index contributed by atoms with van der Waals surface area (Å²) >= 11 is 0. The van der Waals surface area contributed by atoms with Gasteiger partial charge in [-0.05, 0) is 38.2 Å². The van der Waals surface area contributed by atoms with Crippen LogP contribution in [0.15, 0.2) is 30.3 Å². The van der Waals surface area contributed by atoms with E-state index >= 15 is 0 Å². The standard InChI is InChI=1S/C17H25NO3/c1-14(7-8-15-5-3-2-4-6-15)18-11-9-16(10-12-18)21-13-17(19)20/h2-6,14,16H,7-13H2,1H3,(H,19,20). The van der Waals surface area contributed by atoms with Crippen LogP contribution in [-0.2, 0) is 16.0 Å². The molecule has 116 valence electrons. The molecule has 1 fully saturated rings. The van der Waals surface area contributed by atoms with E-state index in [2.05, 4.69) is 42.2 Å². The molecule has 0 aliphatic carbocycles. The smallest absolute Gasteiger partial charge is 0.329 e. The highest BCUT2D eigenvalue weighted by Gasteiger charge is 2.23. The molecule has 2 rings (SSSR count). The van der Waals surface area contributed by atoms with Crippen molar-refractivity contribution in [2.45, 2.75) is 44.8 Å². The lowest BCUT2D eigenvalue weighted by molar-refractivity contribution is -0.145. The highest BCUT2D eigenvalue weighted by molar-refractivity contribution is 5.68. The minimum absolute atomic E-state index is 0.110. The number of piperidine rings is 1. The van der Waals surface area contributed by atoms with E-state index in [9.17, 15) is 4.79 Å². The van der Waals surface area contributed by atoms with Gasteiger partial charge in [0, 0.05) is 19.1 Å². The first-order chi connectivity index (χ1) is 10.1. The van der Waals surface area contributed by atoms with E-state index < -0.39 is 5.97 Å². The van der Waals surface area contributed by atoms with Gasteiger partial charge in [0.25, 0.3) is 0 Å². The molecule has 0 spiro atoms. The second kappa shape index (κ2) is 8.15. The molecule has 0 amide bonds. The molecule has 4 nitrogen and oxygen atoms in total. The van der Waals surface area contributed by atoms with Crippen LogP contribution in [0.2, 0.25) is 0 Å². The third kappa shape index (κ3) is 5.48. The zero-order valence-electron chi connectivity index (χ0n) is 12.7. The summed E-state index contributed by atoms with van der Waals surface area (Å²) in [4.78, 5) is 13.0. The van der Waals surface area contributed by atoms with Crippen LogP contribution >= 0.6 is 0 Å². The molecule has 1 heterocycles. The molecule has 1 N–H and O–H groups in total. The number of rotatable bonds is 7. The van der Waals surface area contributed by atoms with Crippen LogP contribution in [0.4, 0.5) is 0 Å². The van der Waals surface area contributed by atoms with Gasteiger partial charge in [-0.15, -0.1) is 0 Å². The average molecular weight is 291 g/mol. The first-order valence-corrected chi connectivity index (χ1v) is 7.76. The number of hydrogen-bond donors (Lipinski definition) is 1. The molecular weight excluding hydrogens is 266 g/mol. The van der Waals surface area contributed by atoms with E-state index in [1.165, 1.54) is 5.56 Å². The number of aliphatic carboxylic acids is 1. The van der Waals surface area contributed by atoms with Crippen molar-refractivity contribution in [2.75, 3.05) is 19.7 Å². The second-order valence-electron chi connectivity index (χ2n) is 5.81. The van der Waals surface area contributed by atoms with Crippen LogP contribution in [0.25, 0.3) is 0 Å². The molecule has 4 heteroatoms. The highest BCUT2D eigenvalue weighted by atomic mass is 16.5. The summed E-state index contributed by atoms with van der Waals surface area (Å²) in [5.74, 6) is -0.881. The Bertz CT molecular complexity index is 427. The molecule has 1 saturated heterocycles. The molecule has 1 unspecified atom stereocenters. The molecule has 0 bridgehead atoms. The van der Waals surface area contributed by atoms with Crippen molar-refractivity contribution >= 4 is 5.97 Å². The molecule has 1 aromatic rings. The van der Waals surface area contributed by atoms with Crippen LogP contribution in [-0.4, -0.2) is 47.8 Å². The fourth-order valence-corrected chi connectivity index (χ4v) is 2.88. The second-order valence-corrected chi connectivity index (χ2v) is 5.81. The van der Waals surface area contributed by atoms with Gasteiger partial charge in [-0.3, -0.25) is 0 Å². The third-order valence-electron chi connectivity index (χ3n) is 4.24. The maximum Gasteiger partial charge on any atom is 0.329 e. The van der Waals surface area contributed by atoms with Gasteiger partial charge < -0.3 is 14.7 Å². The van der Waals surface area contributed by atoms with Gasteiger partial charge in [0.15, 0.2) is 0 Å². The molecule has 1 aliphatic heterocycles. The summed E-state index contributed by atoms with van der Waals surface area (Å²) in [5.41, 5.74) is 1.39. The Morgan fingerprint density at radius 3 is 2.62 bits per heavy atom. The van der Waals surface area contributed by atoms with Gasteiger partial charge in [-0.25, -0.2) is 4.79 Å². The number of hydrogen-bond acceptors (Lipinski definition) is 3. The van der Waals surface area contributed by atoms with E-state index in [1.807, 2.05) is 0 Å². The molecule has 0 aromatic heterocycles. The maximum absolute atomic E-state index is 10.5. The number of benzene rings is 1. The Balaban J connectivity index is 1.68. The minimum atomic E-state index is -0.881. The maximum atomic E-state index is 10.5. The number of aryl methyl sites for hydroxylation is 1. The van der Waals surface area contributed by atoms with Crippen molar-refractivity contribution in [3.8, 4) is 0 Å². The summed E-state index contributed by atoms with van der Waals surface area (Å²) in [6.07, 6.45) is 4.24. The van der Waals surface area contributed by atoms with Crippen LogP contribution in [0.1, 0.15) is 31.7 Å². The first kappa shape index (κ1) is 16.0. The number of carboxylic acid groups (broad SMARTS) is 1. The van der Waals surface area contributed by atoms with E-state index in [4.69, 9.17) is 9.84 Å². The topological polar surface area (TPSA) is 49.8 Å². The molecular formula is C17H25NO3. The van der Waals surface area contributed by atoms with Crippen LogP contribution in [0.3, 0.4) is 0 Å². The Kier molecular flexibility index (Phi) is 6.21. The van der Waals surface area contributed by atoms with Crippen molar-refractivity contribution in [1.82, 2.24) is 4.90 Å². The van der Waals surface area contributed by atoms with Crippen molar-refractivity contribution in [1.29, 1.82) is 0 Å². The number of carbonyl (C=O) groups is 1. The Labute approximate surface area is 126 Å². The predicted molar refractivity (Wildman–Crippen MR) is 82.4 cm³/mol. The lowest BCUT2D eigenvalue weighted by Gasteiger charge is -2.35. The van der Waals surface area contributed by atoms with Crippen molar-refractivity contribution in [3.63, 3.8) is 0 Å². The Hall–Kier alpha value is -1.39. The van der Waals surface area contributed by atoms with Gasteiger partial charge in [0.05, 0.1) is 6.10 Å². The zero-order chi connectivity index (χ0) is 15.1.